The molecular weight excluding hydrogens is 268 g/mol. The third-order valence-corrected chi connectivity index (χ3v) is 4.02. The van der Waals surface area contributed by atoms with Crippen LogP contribution in [0.3, 0.4) is 0 Å². The molecular formula is C16H22N2O3. The summed E-state index contributed by atoms with van der Waals surface area (Å²) in [7, 11) is 0. The second kappa shape index (κ2) is 5.48. The molecule has 3 N–H and O–H groups in total. The number of hydrogen-bond acceptors (Lipinski definition) is 3. The number of carboxylic acids is 1. The number of fused-ring (bicyclic) bond motifs is 1. The number of nitrogens with zero attached hydrogens (tertiary/aromatic N) is 1. The summed E-state index contributed by atoms with van der Waals surface area (Å²) in [4.78, 5) is 25.5. The fourth-order valence-electron chi connectivity index (χ4n) is 2.52. The lowest BCUT2D eigenvalue weighted by Crippen LogP contribution is -2.56. The molecule has 21 heavy (non-hydrogen) atoms. The average Bonchev–Trinajstić information content (AvgIpc) is 2.43. The van der Waals surface area contributed by atoms with Crippen LogP contribution in [0.25, 0.3) is 0 Å². The first-order valence-corrected chi connectivity index (χ1v) is 7.07. The minimum Gasteiger partial charge on any atom is -0.480 e. The fourth-order valence-corrected chi connectivity index (χ4v) is 2.52. The summed E-state index contributed by atoms with van der Waals surface area (Å²) in [5.74, 6) is -1.29. The zero-order valence-electron chi connectivity index (χ0n) is 12.7. The summed E-state index contributed by atoms with van der Waals surface area (Å²) in [6.07, 6.45) is 0.327. The molecule has 0 bridgehead atoms. The van der Waals surface area contributed by atoms with Gasteiger partial charge in [0, 0.05) is 13.0 Å². The van der Waals surface area contributed by atoms with Gasteiger partial charge in [-0.2, -0.15) is 0 Å². The molecule has 1 aliphatic heterocycles. The molecule has 1 heterocycles. The third kappa shape index (κ3) is 3.08. The van der Waals surface area contributed by atoms with Gasteiger partial charge in [-0.05, 0) is 16.5 Å². The van der Waals surface area contributed by atoms with E-state index in [0.717, 1.165) is 11.1 Å². The second-order valence-corrected chi connectivity index (χ2v) is 6.64. The normalized spacial score (nSPS) is 19.8. The number of nitrogens with two attached hydrogens (primary N) is 1. The van der Waals surface area contributed by atoms with Gasteiger partial charge in [0.15, 0.2) is 0 Å². The smallest absolute Gasteiger partial charge is 0.326 e. The van der Waals surface area contributed by atoms with Crippen LogP contribution in [0.2, 0.25) is 0 Å². The van der Waals surface area contributed by atoms with Crippen LogP contribution in [0, 0.1) is 5.41 Å². The summed E-state index contributed by atoms with van der Waals surface area (Å²) < 4.78 is 0. The Morgan fingerprint density at radius 2 is 1.86 bits per heavy atom. The van der Waals surface area contributed by atoms with E-state index in [2.05, 4.69) is 0 Å². The van der Waals surface area contributed by atoms with E-state index in [0.29, 0.717) is 13.0 Å². The molecule has 0 unspecified atom stereocenters. The van der Waals surface area contributed by atoms with Gasteiger partial charge in [-0.15, -0.1) is 0 Å². The second-order valence-electron chi connectivity index (χ2n) is 6.64. The monoisotopic (exact) mass is 290 g/mol. The van der Waals surface area contributed by atoms with Gasteiger partial charge in [0.2, 0.25) is 5.91 Å². The van der Waals surface area contributed by atoms with Gasteiger partial charge in [-0.1, -0.05) is 45.0 Å². The number of carbonyl (C=O) groups excluding carboxylic acids is 1. The minimum absolute atomic E-state index is 0.301. The molecule has 0 saturated carbocycles. The van der Waals surface area contributed by atoms with E-state index < -0.39 is 23.5 Å². The molecule has 5 nitrogen and oxygen atoms in total. The Hall–Kier alpha value is -1.88. The van der Waals surface area contributed by atoms with Gasteiger partial charge in [-0.3, -0.25) is 4.79 Å². The molecule has 0 aromatic heterocycles. The zero-order chi connectivity index (χ0) is 15.8. The average molecular weight is 290 g/mol. The van der Waals surface area contributed by atoms with Crippen LogP contribution in [-0.4, -0.2) is 34.0 Å². The van der Waals surface area contributed by atoms with Gasteiger partial charge >= 0.3 is 5.97 Å². The molecule has 5 heteroatoms. The molecule has 1 aliphatic rings. The lowest BCUT2D eigenvalue weighted by atomic mass is 9.85. The van der Waals surface area contributed by atoms with Crippen molar-refractivity contribution in [3.8, 4) is 0 Å². The lowest BCUT2D eigenvalue weighted by Gasteiger charge is -2.38. The third-order valence-electron chi connectivity index (χ3n) is 4.02. The number of carbonyl (C=O) groups is 2. The SMILES string of the molecule is CC(C)(C)[C@@H](N)C(=O)N1Cc2ccccc2C[C@@H]1C(=O)O. The number of hydrogen-bond donors (Lipinski definition) is 2. The maximum atomic E-state index is 12.6. The molecule has 0 spiro atoms. The van der Waals surface area contributed by atoms with Crippen LogP contribution in [0.1, 0.15) is 31.9 Å². The van der Waals surface area contributed by atoms with E-state index in [-0.39, 0.29) is 5.91 Å². The van der Waals surface area contributed by atoms with Gasteiger partial charge < -0.3 is 15.7 Å². The Morgan fingerprint density at radius 1 is 1.29 bits per heavy atom. The molecule has 1 aromatic carbocycles. The van der Waals surface area contributed by atoms with Gasteiger partial charge in [0.25, 0.3) is 0 Å². The lowest BCUT2D eigenvalue weighted by molar-refractivity contribution is -0.153. The first-order valence-electron chi connectivity index (χ1n) is 7.07. The van der Waals surface area contributed by atoms with Crippen molar-refractivity contribution in [1.82, 2.24) is 4.90 Å². The molecule has 0 aliphatic carbocycles. The Labute approximate surface area is 124 Å². The number of carboxylic acid groups (broad SMARTS) is 1. The highest BCUT2D eigenvalue weighted by Crippen LogP contribution is 2.27. The van der Waals surface area contributed by atoms with Gasteiger partial charge in [-0.25, -0.2) is 4.79 Å². The predicted octanol–water partition coefficient (Wildman–Crippen LogP) is 1.40. The van der Waals surface area contributed by atoms with E-state index in [4.69, 9.17) is 5.73 Å². The first-order chi connectivity index (χ1) is 9.71. The van der Waals surface area contributed by atoms with Crippen LogP contribution in [0.5, 0.6) is 0 Å². The molecule has 0 saturated heterocycles. The van der Waals surface area contributed by atoms with Crippen molar-refractivity contribution in [3.63, 3.8) is 0 Å². The summed E-state index contributed by atoms with van der Waals surface area (Å²) >= 11 is 0. The maximum Gasteiger partial charge on any atom is 0.326 e. The first kappa shape index (κ1) is 15.5. The topological polar surface area (TPSA) is 83.6 Å². The molecule has 1 aromatic rings. The van der Waals surface area contributed by atoms with Crippen molar-refractivity contribution in [2.75, 3.05) is 0 Å². The van der Waals surface area contributed by atoms with Crippen molar-refractivity contribution in [1.29, 1.82) is 0 Å². The Kier molecular flexibility index (Phi) is 4.05. The number of aliphatic carboxylic acids is 1. The predicted molar refractivity (Wildman–Crippen MR) is 79.6 cm³/mol. The molecule has 2 atom stereocenters. The number of rotatable bonds is 2. The van der Waals surface area contributed by atoms with Crippen molar-refractivity contribution in [2.24, 2.45) is 11.1 Å². The van der Waals surface area contributed by atoms with E-state index in [1.54, 1.807) is 0 Å². The van der Waals surface area contributed by atoms with Crippen LogP contribution in [0.4, 0.5) is 0 Å². The Bertz CT molecular complexity index is 563. The minimum atomic E-state index is -0.987. The van der Waals surface area contributed by atoms with Crippen molar-refractivity contribution >= 4 is 11.9 Å². The van der Waals surface area contributed by atoms with Gasteiger partial charge in [0.1, 0.15) is 6.04 Å². The van der Waals surface area contributed by atoms with E-state index in [9.17, 15) is 14.7 Å². The summed E-state index contributed by atoms with van der Waals surface area (Å²) in [6.45, 7) is 5.94. The van der Waals surface area contributed by atoms with E-state index in [1.807, 2.05) is 45.0 Å². The molecule has 0 fully saturated rings. The largest absolute Gasteiger partial charge is 0.480 e. The molecule has 0 radical (unpaired) electrons. The van der Waals surface area contributed by atoms with Gasteiger partial charge in [0.05, 0.1) is 6.04 Å². The quantitative estimate of drug-likeness (QED) is 0.862. The molecule has 1 amide bonds. The molecule has 114 valence electrons. The van der Waals surface area contributed by atoms with Crippen molar-refractivity contribution < 1.29 is 14.7 Å². The van der Waals surface area contributed by atoms with E-state index in [1.165, 1.54) is 4.90 Å². The fraction of sp³-hybridized carbons (Fsp3) is 0.500. The Morgan fingerprint density at radius 3 is 2.38 bits per heavy atom. The van der Waals surface area contributed by atoms with Crippen LogP contribution >= 0.6 is 0 Å². The Balaban J connectivity index is 2.33. The number of amides is 1. The van der Waals surface area contributed by atoms with Crippen LogP contribution < -0.4 is 5.73 Å². The summed E-state index contributed by atoms with van der Waals surface area (Å²) in [6, 6.07) is 6.06. The summed E-state index contributed by atoms with van der Waals surface area (Å²) in [5, 5.41) is 9.43. The highest BCUT2D eigenvalue weighted by Gasteiger charge is 2.39. The summed E-state index contributed by atoms with van der Waals surface area (Å²) in [5.41, 5.74) is 7.59. The zero-order valence-corrected chi connectivity index (χ0v) is 12.7. The van der Waals surface area contributed by atoms with Crippen LogP contribution in [0.15, 0.2) is 24.3 Å². The van der Waals surface area contributed by atoms with E-state index >= 15 is 0 Å². The highest BCUT2D eigenvalue weighted by atomic mass is 16.4. The number of benzene rings is 1. The van der Waals surface area contributed by atoms with Crippen molar-refractivity contribution in [2.45, 2.75) is 45.8 Å². The maximum absolute atomic E-state index is 12.6. The molecule has 2 rings (SSSR count). The standard InChI is InChI=1S/C16H22N2O3/c1-16(2,3)13(17)14(19)18-9-11-7-5-4-6-10(11)8-12(18)15(20)21/h4-7,12-13H,8-9,17H2,1-3H3,(H,20,21)/t12-,13+/m1/s1. The van der Waals surface area contributed by atoms with Crippen molar-refractivity contribution in [3.05, 3.63) is 35.4 Å². The highest BCUT2D eigenvalue weighted by molar-refractivity contribution is 5.88. The van der Waals surface area contributed by atoms with Crippen LogP contribution in [-0.2, 0) is 22.6 Å².